The minimum absolute atomic E-state index is 0.00281. The number of thiocarbonyl (C=S) groups is 1. The zero-order valence-corrected chi connectivity index (χ0v) is 14.0. The monoisotopic (exact) mass is 361 g/mol. The number of para-hydroxylation sites is 1. The van der Waals surface area contributed by atoms with Gasteiger partial charge in [0.1, 0.15) is 0 Å². The third-order valence-corrected chi connectivity index (χ3v) is 6.66. The van der Waals surface area contributed by atoms with E-state index < -0.39 is 15.2 Å². The molecule has 0 aliphatic carbocycles. The van der Waals surface area contributed by atoms with Crippen molar-refractivity contribution < 1.29 is 8.42 Å². The highest BCUT2D eigenvalue weighted by molar-refractivity contribution is 7.91. The summed E-state index contributed by atoms with van der Waals surface area (Å²) in [5, 5.41) is 6.47. The van der Waals surface area contributed by atoms with Gasteiger partial charge in [0.25, 0.3) is 0 Å². The van der Waals surface area contributed by atoms with Gasteiger partial charge in [-0.25, -0.2) is 13.4 Å². The number of nitrogens with one attached hydrogen (secondary N) is 2. The van der Waals surface area contributed by atoms with Crippen LogP contribution in [0.25, 0.3) is 10.2 Å². The lowest BCUT2D eigenvalue weighted by Crippen LogP contribution is -2.42. The van der Waals surface area contributed by atoms with Gasteiger partial charge in [0, 0.05) is 0 Å². The Bertz CT molecular complexity index is 757. The predicted octanol–water partition coefficient (Wildman–Crippen LogP) is 1.99. The molecule has 112 valence electrons. The van der Waals surface area contributed by atoms with Crippen LogP contribution in [0.4, 0.5) is 5.13 Å². The fourth-order valence-electron chi connectivity index (χ4n) is 2.16. The molecule has 0 spiro atoms. The van der Waals surface area contributed by atoms with Gasteiger partial charge in [0.2, 0.25) is 0 Å². The highest BCUT2D eigenvalue weighted by Gasteiger charge is 2.36. The average molecular weight is 362 g/mol. The molecule has 0 unspecified atom stereocenters. The van der Waals surface area contributed by atoms with Gasteiger partial charge < -0.3 is 10.6 Å². The minimum Gasteiger partial charge on any atom is -0.357 e. The summed E-state index contributed by atoms with van der Waals surface area (Å²) < 4.78 is 24.1. The standard InChI is InChI=1S/C12H12ClN3O2S3/c13-7-5-21(17,18)6-9(7)14-11(19)16-12-15-8-3-1-2-4-10(8)20-12/h1-4,7,9H,5-6H2,(H2,14,15,16,19)/t7-,9+/m0/s1. The van der Waals surface area contributed by atoms with E-state index >= 15 is 0 Å². The molecule has 0 bridgehead atoms. The summed E-state index contributed by atoms with van der Waals surface area (Å²) in [5.41, 5.74) is 0.895. The molecule has 1 aromatic carbocycles. The summed E-state index contributed by atoms with van der Waals surface area (Å²) in [6, 6.07) is 7.40. The van der Waals surface area contributed by atoms with Crippen LogP contribution in [0.1, 0.15) is 0 Å². The Morgan fingerprint density at radius 3 is 2.81 bits per heavy atom. The third-order valence-electron chi connectivity index (χ3n) is 3.11. The topological polar surface area (TPSA) is 71.1 Å². The molecular formula is C12H12ClN3O2S3. The first-order valence-electron chi connectivity index (χ1n) is 6.20. The maximum absolute atomic E-state index is 11.5. The summed E-state index contributed by atoms with van der Waals surface area (Å²) in [5.74, 6) is -0.0151. The molecule has 5 nitrogen and oxygen atoms in total. The summed E-state index contributed by atoms with van der Waals surface area (Å²) in [4.78, 5) is 4.40. The first kappa shape index (κ1) is 15.0. The fraction of sp³-hybridized carbons (Fsp3) is 0.333. The molecule has 0 saturated carbocycles. The number of anilines is 1. The van der Waals surface area contributed by atoms with Crippen LogP contribution in [-0.4, -0.2) is 41.4 Å². The maximum Gasteiger partial charge on any atom is 0.190 e. The lowest BCUT2D eigenvalue weighted by molar-refractivity contribution is 0.600. The van der Waals surface area contributed by atoms with E-state index in [9.17, 15) is 8.42 Å². The Morgan fingerprint density at radius 1 is 1.38 bits per heavy atom. The highest BCUT2D eigenvalue weighted by atomic mass is 35.5. The Balaban J connectivity index is 1.66. The number of alkyl halides is 1. The molecule has 2 heterocycles. The quantitative estimate of drug-likeness (QED) is 0.629. The summed E-state index contributed by atoms with van der Waals surface area (Å²) in [7, 11) is -3.08. The van der Waals surface area contributed by atoms with Gasteiger partial charge in [0.15, 0.2) is 20.1 Å². The van der Waals surface area contributed by atoms with Crippen molar-refractivity contribution in [3.63, 3.8) is 0 Å². The van der Waals surface area contributed by atoms with Crippen LogP contribution < -0.4 is 10.6 Å². The van der Waals surface area contributed by atoms with Crippen molar-refractivity contribution in [3.05, 3.63) is 24.3 Å². The molecule has 1 saturated heterocycles. The Labute approximate surface area is 136 Å². The molecular weight excluding hydrogens is 350 g/mol. The van der Waals surface area contributed by atoms with Gasteiger partial charge >= 0.3 is 0 Å². The van der Waals surface area contributed by atoms with Gasteiger partial charge in [-0.2, -0.15) is 0 Å². The van der Waals surface area contributed by atoms with E-state index in [-0.39, 0.29) is 17.5 Å². The van der Waals surface area contributed by atoms with Crippen LogP contribution in [0.3, 0.4) is 0 Å². The van der Waals surface area contributed by atoms with E-state index in [4.69, 9.17) is 23.8 Å². The number of fused-ring (bicyclic) bond motifs is 1. The Kier molecular flexibility index (Phi) is 4.04. The summed E-state index contributed by atoms with van der Waals surface area (Å²) in [6.45, 7) is 0. The molecule has 0 radical (unpaired) electrons. The number of thiazole rings is 1. The molecule has 3 rings (SSSR count). The van der Waals surface area contributed by atoms with Crippen molar-refractivity contribution in [1.29, 1.82) is 0 Å². The smallest absolute Gasteiger partial charge is 0.190 e. The second kappa shape index (κ2) is 5.68. The zero-order chi connectivity index (χ0) is 15.0. The molecule has 2 aromatic rings. The SMILES string of the molecule is O=S1(=O)C[C@H](Cl)[C@H](NC(=S)Nc2nc3ccccc3s2)C1. The van der Waals surface area contributed by atoms with E-state index in [1.165, 1.54) is 11.3 Å². The van der Waals surface area contributed by atoms with E-state index in [1.54, 1.807) is 0 Å². The number of nitrogens with zero attached hydrogens (tertiary/aromatic N) is 1. The highest BCUT2D eigenvalue weighted by Crippen LogP contribution is 2.25. The van der Waals surface area contributed by atoms with Crippen molar-refractivity contribution in [2.75, 3.05) is 16.8 Å². The first-order chi connectivity index (χ1) is 9.93. The van der Waals surface area contributed by atoms with Crippen molar-refractivity contribution in [3.8, 4) is 0 Å². The van der Waals surface area contributed by atoms with Gasteiger partial charge in [-0.05, 0) is 24.4 Å². The normalized spacial score (nSPS) is 24.0. The molecule has 2 atom stereocenters. The van der Waals surface area contributed by atoms with Crippen LogP contribution in [0.5, 0.6) is 0 Å². The van der Waals surface area contributed by atoms with E-state index in [0.717, 1.165) is 10.2 Å². The number of sulfone groups is 1. The van der Waals surface area contributed by atoms with E-state index in [1.807, 2.05) is 24.3 Å². The second-order valence-electron chi connectivity index (χ2n) is 4.78. The van der Waals surface area contributed by atoms with Crippen molar-refractivity contribution in [1.82, 2.24) is 10.3 Å². The lowest BCUT2D eigenvalue weighted by atomic mass is 10.3. The molecule has 1 aromatic heterocycles. The van der Waals surface area contributed by atoms with E-state index in [0.29, 0.717) is 10.2 Å². The van der Waals surface area contributed by atoms with Gasteiger partial charge in [-0.15, -0.1) is 11.6 Å². The van der Waals surface area contributed by atoms with Crippen LogP contribution in [-0.2, 0) is 9.84 Å². The largest absolute Gasteiger partial charge is 0.357 e. The third kappa shape index (κ3) is 3.45. The van der Waals surface area contributed by atoms with Crippen LogP contribution in [0, 0.1) is 0 Å². The number of benzene rings is 1. The molecule has 1 aliphatic rings. The van der Waals surface area contributed by atoms with Crippen LogP contribution in [0.15, 0.2) is 24.3 Å². The van der Waals surface area contributed by atoms with E-state index in [2.05, 4.69) is 15.6 Å². The van der Waals surface area contributed by atoms with Gasteiger partial charge in [-0.3, -0.25) is 0 Å². The zero-order valence-electron chi connectivity index (χ0n) is 10.7. The molecule has 0 amide bonds. The number of hydrogen-bond acceptors (Lipinski definition) is 5. The predicted molar refractivity (Wildman–Crippen MR) is 91.1 cm³/mol. The van der Waals surface area contributed by atoms with Gasteiger partial charge in [0.05, 0.1) is 33.1 Å². The molecule has 1 aliphatic heterocycles. The lowest BCUT2D eigenvalue weighted by Gasteiger charge is -2.16. The molecule has 2 N–H and O–H groups in total. The Morgan fingerprint density at radius 2 is 2.14 bits per heavy atom. The van der Waals surface area contributed by atoms with Crippen LogP contribution in [0.2, 0.25) is 0 Å². The van der Waals surface area contributed by atoms with Gasteiger partial charge in [-0.1, -0.05) is 23.5 Å². The molecule has 9 heteroatoms. The van der Waals surface area contributed by atoms with Crippen molar-refractivity contribution in [2.24, 2.45) is 0 Å². The summed E-state index contributed by atoms with van der Waals surface area (Å²) >= 11 is 12.7. The second-order valence-corrected chi connectivity index (χ2v) is 8.94. The molecule has 21 heavy (non-hydrogen) atoms. The fourth-order valence-corrected chi connectivity index (χ4v) is 5.90. The Hall–Kier alpha value is -0.960. The maximum atomic E-state index is 11.5. The number of hydrogen-bond donors (Lipinski definition) is 2. The van der Waals surface area contributed by atoms with Crippen molar-refractivity contribution >= 4 is 65.5 Å². The van der Waals surface area contributed by atoms with Crippen molar-refractivity contribution in [2.45, 2.75) is 11.4 Å². The minimum atomic E-state index is -3.08. The number of halogens is 1. The first-order valence-corrected chi connectivity index (χ1v) is 9.69. The summed E-state index contributed by atoms with van der Waals surface area (Å²) in [6.07, 6.45) is 0. The number of aromatic nitrogens is 1. The molecule has 1 fully saturated rings. The number of rotatable bonds is 2. The average Bonchev–Trinajstić information content (AvgIpc) is 2.89. The van der Waals surface area contributed by atoms with Crippen LogP contribution >= 0.6 is 35.2 Å².